The molecule has 1 nitrogen and oxygen atoms in total. The maximum atomic E-state index is 10.0. The van der Waals surface area contributed by atoms with Crippen LogP contribution in [0, 0.1) is 6.92 Å². The summed E-state index contributed by atoms with van der Waals surface area (Å²) >= 11 is -0.556. The predicted octanol–water partition coefficient (Wildman–Crippen LogP) is 5.67. The number of aromatic hydroxyl groups is 1. The summed E-state index contributed by atoms with van der Waals surface area (Å²) in [6.45, 7) is 15.1. The van der Waals surface area contributed by atoms with Crippen molar-refractivity contribution in [2.24, 2.45) is 0 Å². The van der Waals surface area contributed by atoms with Gasteiger partial charge in [-0.25, -0.2) is 0 Å². The number of rotatable bonds is 0. The first-order chi connectivity index (χ1) is 8.45. The maximum absolute atomic E-state index is 10.0. The summed E-state index contributed by atoms with van der Waals surface area (Å²) in [5.74, 6) is 0.415. The Morgan fingerprint density at radius 2 is 1.26 bits per heavy atom. The Bertz CT molecular complexity index is 382. The first kappa shape index (κ1) is 19.3. The molecule has 0 saturated carbocycles. The van der Waals surface area contributed by atoms with Crippen LogP contribution in [-0.2, 0) is 27.9 Å². The Morgan fingerprint density at radius 1 is 0.895 bits per heavy atom. The number of hydrogen-bond acceptors (Lipinski definition) is 1. The molecule has 108 valence electrons. The van der Waals surface area contributed by atoms with Gasteiger partial charge in [-0.1, -0.05) is 47.6 Å². The van der Waals surface area contributed by atoms with Gasteiger partial charge in [0.25, 0.3) is 0 Å². The van der Waals surface area contributed by atoms with Gasteiger partial charge in [-0.2, -0.15) is 0 Å². The molecule has 0 radical (unpaired) electrons. The number of phenols is 1. The van der Waals surface area contributed by atoms with Crippen molar-refractivity contribution in [1.82, 2.24) is 0 Å². The van der Waals surface area contributed by atoms with Crippen molar-refractivity contribution in [2.45, 2.75) is 59.3 Å². The van der Waals surface area contributed by atoms with Crippen molar-refractivity contribution >= 4 is 18.6 Å². The SMILES string of the molecule is Cc1cc(O)c(C(C)(C)C)cc1C(C)(C)C.[Cl][Ti][Cl]. The quantitative estimate of drug-likeness (QED) is 0.604. The Hall–Kier alpha value is 0.314. The van der Waals surface area contributed by atoms with Gasteiger partial charge in [-0.15, -0.1) is 0 Å². The van der Waals surface area contributed by atoms with E-state index in [0.717, 1.165) is 11.1 Å². The molecule has 0 aliphatic rings. The van der Waals surface area contributed by atoms with E-state index in [4.69, 9.17) is 18.6 Å². The Labute approximate surface area is 134 Å². The summed E-state index contributed by atoms with van der Waals surface area (Å²) in [6.07, 6.45) is 0. The number of halogens is 2. The van der Waals surface area contributed by atoms with E-state index in [9.17, 15) is 5.11 Å². The molecule has 19 heavy (non-hydrogen) atoms. The van der Waals surface area contributed by atoms with Crippen LogP contribution in [-0.4, -0.2) is 5.11 Å². The third kappa shape index (κ3) is 6.08. The van der Waals surface area contributed by atoms with Crippen molar-refractivity contribution in [3.8, 4) is 5.75 Å². The Balaban J connectivity index is 0.000000982. The van der Waals surface area contributed by atoms with Crippen molar-refractivity contribution < 1.29 is 22.1 Å². The molecule has 0 atom stereocenters. The van der Waals surface area contributed by atoms with Gasteiger partial charge < -0.3 is 5.11 Å². The van der Waals surface area contributed by atoms with E-state index in [0.29, 0.717) is 5.75 Å². The molecular weight excluding hydrogens is 315 g/mol. The van der Waals surface area contributed by atoms with Crippen LogP contribution in [0.2, 0.25) is 0 Å². The van der Waals surface area contributed by atoms with Crippen LogP contribution in [0.5, 0.6) is 5.75 Å². The van der Waals surface area contributed by atoms with Crippen molar-refractivity contribution in [3.05, 3.63) is 28.8 Å². The van der Waals surface area contributed by atoms with Crippen molar-refractivity contribution in [2.75, 3.05) is 0 Å². The summed E-state index contributed by atoms with van der Waals surface area (Å²) in [4.78, 5) is 0. The first-order valence-corrected chi connectivity index (χ1v) is 10.6. The van der Waals surface area contributed by atoms with Crippen LogP contribution >= 0.6 is 18.6 Å². The number of aryl methyl sites for hydroxylation is 1. The number of phenolic OH excluding ortho intramolecular Hbond substituents is 1. The zero-order valence-corrected chi connectivity index (χ0v) is 15.9. The van der Waals surface area contributed by atoms with E-state index < -0.39 is 17.0 Å². The van der Waals surface area contributed by atoms with Crippen molar-refractivity contribution in [3.63, 3.8) is 0 Å². The molecule has 0 bridgehead atoms. The molecule has 0 aliphatic carbocycles. The summed E-state index contributed by atoms with van der Waals surface area (Å²) in [5, 5.41) is 10.0. The minimum absolute atomic E-state index is 0.0161. The summed E-state index contributed by atoms with van der Waals surface area (Å²) in [7, 11) is 9.78. The number of hydrogen-bond donors (Lipinski definition) is 1. The van der Waals surface area contributed by atoms with Crippen LogP contribution in [0.1, 0.15) is 58.2 Å². The van der Waals surface area contributed by atoms with Crippen LogP contribution in [0.4, 0.5) is 0 Å². The Kier molecular flexibility index (Phi) is 7.48. The van der Waals surface area contributed by atoms with Crippen LogP contribution in [0.15, 0.2) is 12.1 Å². The molecule has 0 unspecified atom stereocenters. The zero-order valence-electron chi connectivity index (χ0n) is 12.9. The average molecular weight is 339 g/mol. The predicted molar refractivity (Wildman–Crippen MR) is 81.9 cm³/mol. The third-order valence-corrected chi connectivity index (χ3v) is 2.96. The van der Waals surface area contributed by atoms with E-state index >= 15 is 0 Å². The van der Waals surface area contributed by atoms with Gasteiger partial charge in [0.2, 0.25) is 0 Å². The van der Waals surface area contributed by atoms with E-state index in [1.54, 1.807) is 0 Å². The molecule has 1 aromatic carbocycles. The minimum atomic E-state index is -0.556. The molecule has 0 saturated heterocycles. The third-order valence-electron chi connectivity index (χ3n) is 2.96. The fourth-order valence-electron chi connectivity index (χ4n) is 2.10. The summed E-state index contributed by atoms with van der Waals surface area (Å²) in [6, 6.07) is 4.05. The monoisotopic (exact) mass is 338 g/mol. The average Bonchev–Trinajstić information content (AvgIpc) is 2.13. The molecule has 0 spiro atoms. The molecule has 1 aromatic rings. The van der Waals surface area contributed by atoms with Gasteiger partial charge in [0, 0.05) is 0 Å². The van der Waals surface area contributed by atoms with Crippen LogP contribution < -0.4 is 0 Å². The molecule has 1 rings (SSSR count). The van der Waals surface area contributed by atoms with Gasteiger partial charge in [0.05, 0.1) is 0 Å². The second-order valence-corrected chi connectivity index (χ2v) is 9.33. The standard InChI is InChI=1S/C15H24O.2ClH.Ti/c1-10-8-13(16)12(15(5,6)7)9-11(10)14(2,3)4;;;/h8-9,16H,1-7H3;2*1H;/q;;;+2/p-2. The normalized spacial score (nSPS) is 11.6. The molecule has 0 amide bonds. The zero-order chi connectivity index (χ0) is 15.4. The molecule has 0 aliphatic heterocycles. The van der Waals surface area contributed by atoms with E-state index in [2.05, 4.69) is 54.5 Å². The van der Waals surface area contributed by atoms with Crippen molar-refractivity contribution in [1.29, 1.82) is 0 Å². The molecule has 0 fully saturated rings. The van der Waals surface area contributed by atoms with Gasteiger partial charge in [0.1, 0.15) is 5.75 Å². The summed E-state index contributed by atoms with van der Waals surface area (Å²) in [5.41, 5.74) is 3.62. The van der Waals surface area contributed by atoms with Gasteiger partial charge in [0.15, 0.2) is 0 Å². The van der Waals surface area contributed by atoms with E-state index in [1.165, 1.54) is 5.56 Å². The first-order valence-electron chi connectivity index (χ1n) is 6.26. The molecule has 1 N–H and O–H groups in total. The second kappa shape index (κ2) is 7.36. The number of benzene rings is 1. The topological polar surface area (TPSA) is 20.2 Å². The van der Waals surface area contributed by atoms with Gasteiger partial charge in [-0.3, -0.25) is 0 Å². The van der Waals surface area contributed by atoms with E-state index in [-0.39, 0.29) is 10.8 Å². The molecule has 4 heteroatoms. The fourth-order valence-corrected chi connectivity index (χ4v) is 2.10. The summed E-state index contributed by atoms with van der Waals surface area (Å²) < 4.78 is 0. The van der Waals surface area contributed by atoms with Gasteiger partial charge in [-0.05, 0) is 40.5 Å². The molecular formula is C15H24Cl2OTi. The second-order valence-electron chi connectivity index (χ2n) is 6.76. The van der Waals surface area contributed by atoms with Gasteiger partial charge >= 0.3 is 35.6 Å². The molecule has 0 aromatic heterocycles. The molecule has 0 heterocycles. The fraction of sp³-hybridized carbons (Fsp3) is 0.600. The Morgan fingerprint density at radius 3 is 1.58 bits per heavy atom. The van der Waals surface area contributed by atoms with Crippen LogP contribution in [0.3, 0.4) is 0 Å². The van der Waals surface area contributed by atoms with E-state index in [1.807, 2.05) is 6.07 Å². The van der Waals surface area contributed by atoms with Crippen LogP contribution in [0.25, 0.3) is 0 Å².